The summed E-state index contributed by atoms with van der Waals surface area (Å²) in [5.41, 5.74) is 0. The van der Waals surface area contributed by atoms with E-state index in [1.807, 2.05) is 6.07 Å². The van der Waals surface area contributed by atoms with E-state index in [1.54, 1.807) is 36.8 Å². The number of hydrogen-bond acceptors (Lipinski definition) is 3. The van der Waals surface area contributed by atoms with Crippen molar-refractivity contribution in [3.63, 3.8) is 0 Å². The first kappa shape index (κ1) is 7.73. The molecule has 0 spiro atoms. The largest absolute Gasteiger partial charge is 0.437 e. The summed E-state index contributed by atoms with van der Waals surface area (Å²) in [6, 6.07) is 10.0. The van der Waals surface area contributed by atoms with Crippen LogP contribution in [0.5, 0.6) is 11.6 Å². The molecule has 3 nitrogen and oxygen atoms in total. The lowest BCUT2D eigenvalue weighted by atomic mass is 10.4. The van der Waals surface area contributed by atoms with Crippen molar-refractivity contribution in [1.82, 2.24) is 9.97 Å². The van der Waals surface area contributed by atoms with Crippen molar-refractivity contribution < 1.29 is 4.74 Å². The van der Waals surface area contributed by atoms with Crippen LogP contribution >= 0.6 is 0 Å². The van der Waals surface area contributed by atoms with Gasteiger partial charge in [-0.15, -0.1) is 0 Å². The van der Waals surface area contributed by atoms with E-state index < -0.39 is 0 Å². The summed E-state index contributed by atoms with van der Waals surface area (Å²) in [6.45, 7) is 0. The van der Waals surface area contributed by atoms with Crippen LogP contribution in [0.4, 0.5) is 0 Å². The first-order valence-corrected chi connectivity index (χ1v) is 3.86. The molecule has 0 aliphatic carbocycles. The van der Waals surface area contributed by atoms with Gasteiger partial charge in [-0.05, 0) is 24.3 Å². The second kappa shape index (κ2) is 3.67. The van der Waals surface area contributed by atoms with Gasteiger partial charge in [0.05, 0.1) is 6.20 Å². The molecule has 0 aliphatic rings. The highest BCUT2D eigenvalue weighted by atomic mass is 16.5. The van der Waals surface area contributed by atoms with Crippen LogP contribution < -0.4 is 4.74 Å². The van der Waals surface area contributed by atoms with E-state index in [1.165, 1.54) is 0 Å². The minimum atomic E-state index is 0.454. The van der Waals surface area contributed by atoms with Crippen LogP contribution in [0.1, 0.15) is 0 Å². The highest BCUT2D eigenvalue weighted by Gasteiger charge is 1.95. The highest BCUT2D eigenvalue weighted by molar-refractivity contribution is 5.21. The first-order valence-electron chi connectivity index (χ1n) is 3.86. The van der Waals surface area contributed by atoms with Gasteiger partial charge >= 0.3 is 0 Å². The van der Waals surface area contributed by atoms with Crippen LogP contribution in [0.15, 0.2) is 42.9 Å². The van der Waals surface area contributed by atoms with Crippen molar-refractivity contribution in [2.24, 2.45) is 0 Å². The number of aromatic nitrogens is 2. The Hall–Kier alpha value is -1.90. The summed E-state index contributed by atoms with van der Waals surface area (Å²) in [4.78, 5) is 7.88. The number of rotatable bonds is 2. The second-order valence-electron chi connectivity index (χ2n) is 2.38. The Bertz CT molecular complexity index is 324. The maximum absolute atomic E-state index is 5.35. The predicted octanol–water partition coefficient (Wildman–Crippen LogP) is 2.07. The van der Waals surface area contributed by atoms with Gasteiger partial charge in [0.2, 0.25) is 5.88 Å². The molecule has 1 radical (unpaired) electrons. The van der Waals surface area contributed by atoms with Gasteiger partial charge in [-0.1, -0.05) is 0 Å². The number of nitrogens with zero attached hydrogens (tertiary/aromatic N) is 2. The zero-order chi connectivity index (χ0) is 8.93. The van der Waals surface area contributed by atoms with Crippen LogP contribution in [0, 0.1) is 6.07 Å². The molecule has 63 valence electrons. The van der Waals surface area contributed by atoms with Gasteiger partial charge < -0.3 is 4.74 Å². The molecule has 2 heterocycles. The van der Waals surface area contributed by atoms with E-state index in [0.717, 1.165) is 0 Å². The lowest BCUT2D eigenvalue weighted by Crippen LogP contribution is -1.86. The first-order chi connectivity index (χ1) is 6.45. The summed E-state index contributed by atoms with van der Waals surface area (Å²) in [5.74, 6) is 1.12. The molecule has 2 rings (SSSR count). The van der Waals surface area contributed by atoms with Gasteiger partial charge in [-0.2, -0.15) is 0 Å². The van der Waals surface area contributed by atoms with E-state index in [0.29, 0.717) is 11.6 Å². The average Bonchev–Trinajstić information content (AvgIpc) is 2.21. The zero-order valence-electron chi connectivity index (χ0n) is 6.84. The van der Waals surface area contributed by atoms with Crippen molar-refractivity contribution >= 4 is 0 Å². The molecule has 0 fully saturated rings. The molecule has 3 heteroatoms. The Morgan fingerprint density at radius 2 is 2.23 bits per heavy atom. The van der Waals surface area contributed by atoms with E-state index >= 15 is 0 Å². The summed E-state index contributed by atoms with van der Waals surface area (Å²) >= 11 is 0. The molecule has 2 aromatic heterocycles. The molecule has 0 saturated carbocycles. The SMILES string of the molecule is [c]1cccnc1Oc1cccnc1. The molecular weight excluding hydrogens is 164 g/mol. The van der Waals surface area contributed by atoms with Crippen molar-refractivity contribution in [3.05, 3.63) is 48.9 Å². The maximum atomic E-state index is 5.35. The van der Waals surface area contributed by atoms with Gasteiger partial charge in [-0.25, -0.2) is 4.98 Å². The Morgan fingerprint density at radius 3 is 2.92 bits per heavy atom. The molecule has 0 aliphatic heterocycles. The topological polar surface area (TPSA) is 35.0 Å². The van der Waals surface area contributed by atoms with Crippen molar-refractivity contribution in [1.29, 1.82) is 0 Å². The van der Waals surface area contributed by atoms with Crippen LogP contribution in [0.2, 0.25) is 0 Å². The third kappa shape index (κ3) is 2.02. The fourth-order valence-electron chi connectivity index (χ4n) is 0.885. The van der Waals surface area contributed by atoms with E-state index in [-0.39, 0.29) is 0 Å². The van der Waals surface area contributed by atoms with Gasteiger partial charge in [0, 0.05) is 18.5 Å². The van der Waals surface area contributed by atoms with Crippen LogP contribution in [-0.4, -0.2) is 9.97 Å². The van der Waals surface area contributed by atoms with Crippen LogP contribution in [0.3, 0.4) is 0 Å². The molecule has 2 aromatic rings. The fraction of sp³-hybridized carbons (Fsp3) is 0. The number of pyridine rings is 2. The second-order valence-corrected chi connectivity index (χ2v) is 2.38. The molecule has 0 bridgehead atoms. The van der Waals surface area contributed by atoms with Crippen LogP contribution in [-0.2, 0) is 0 Å². The van der Waals surface area contributed by atoms with Gasteiger partial charge in [0.25, 0.3) is 0 Å². The van der Waals surface area contributed by atoms with E-state index in [2.05, 4.69) is 16.0 Å². The molecule has 0 N–H and O–H groups in total. The van der Waals surface area contributed by atoms with E-state index in [4.69, 9.17) is 4.74 Å². The van der Waals surface area contributed by atoms with Gasteiger partial charge in [0.1, 0.15) is 5.75 Å². The third-order valence-electron chi connectivity index (χ3n) is 1.43. The summed E-state index contributed by atoms with van der Waals surface area (Å²) in [5, 5.41) is 0. The quantitative estimate of drug-likeness (QED) is 0.693. The zero-order valence-corrected chi connectivity index (χ0v) is 6.84. The Morgan fingerprint density at radius 1 is 1.23 bits per heavy atom. The van der Waals surface area contributed by atoms with Gasteiger partial charge in [0.15, 0.2) is 0 Å². The minimum Gasteiger partial charge on any atom is -0.437 e. The Kier molecular flexibility index (Phi) is 2.18. The standard InChI is InChI=1S/C10H7N2O/c1-2-7-12-10(5-1)13-9-4-3-6-11-8-9/h1-4,6-8H. The fourth-order valence-corrected chi connectivity index (χ4v) is 0.885. The molecule has 0 amide bonds. The number of hydrogen-bond donors (Lipinski definition) is 0. The molecular formula is C10H7N2O. The van der Waals surface area contributed by atoms with Crippen LogP contribution in [0.25, 0.3) is 0 Å². The molecule has 0 atom stereocenters. The maximum Gasteiger partial charge on any atom is 0.227 e. The van der Waals surface area contributed by atoms with E-state index in [9.17, 15) is 0 Å². The van der Waals surface area contributed by atoms with Gasteiger partial charge in [-0.3, -0.25) is 4.98 Å². The highest BCUT2D eigenvalue weighted by Crippen LogP contribution is 2.15. The Labute approximate surface area is 76.0 Å². The predicted molar refractivity (Wildman–Crippen MR) is 47.4 cm³/mol. The third-order valence-corrected chi connectivity index (χ3v) is 1.43. The van der Waals surface area contributed by atoms with Crippen molar-refractivity contribution in [3.8, 4) is 11.6 Å². The lowest BCUT2D eigenvalue weighted by molar-refractivity contribution is 0.459. The molecule has 0 unspecified atom stereocenters. The number of ether oxygens (including phenoxy) is 1. The Balaban J connectivity index is 2.16. The summed E-state index contributed by atoms with van der Waals surface area (Å²) < 4.78 is 5.35. The summed E-state index contributed by atoms with van der Waals surface area (Å²) in [6.07, 6.45) is 4.97. The van der Waals surface area contributed by atoms with Crippen molar-refractivity contribution in [2.75, 3.05) is 0 Å². The lowest BCUT2D eigenvalue weighted by Gasteiger charge is -2.01. The normalized spacial score (nSPS) is 9.54. The minimum absolute atomic E-state index is 0.454. The smallest absolute Gasteiger partial charge is 0.227 e. The average molecular weight is 171 g/mol. The molecule has 0 aromatic carbocycles. The van der Waals surface area contributed by atoms with Crippen molar-refractivity contribution in [2.45, 2.75) is 0 Å². The molecule has 0 saturated heterocycles. The molecule has 13 heavy (non-hydrogen) atoms. The summed E-state index contributed by atoms with van der Waals surface area (Å²) in [7, 11) is 0. The monoisotopic (exact) mass is 171 g/mol.